The Morgan fingerprint density at radius 1 is 0.931 bits per heavy atom. The van der Waals surface area contributed by atoms with Crippen LogP contribution < -0.4 is 10.6 Å². The van der Waals surface area contributed by atoms with Gasteiger partial charge in [-0.05, 0) is 47.8 Å². The molecule has 0 saturated heterocycles. The van der Waals surface area contributed by atoms with Gasteiger partial charge in [-0.15, -0.1) is 22.7 Å². The summed E-state index contributed by atoms with van der Waals surface area (Å²) in [5.74, 6) is -2.19. The van der Waals surface area contributed by atoms with Gasteiger partial charge < -0.3 is 15.4 Å². The summed E-state index contributed by atoms with van der Waals surface area (Å²) in [4.78, 5) is 49.7. The Labute approximate surface area is 174 Å². The first-order valence-electron chi connectivity index (χ1n) is 8.42. The molecule has 0 saturated carbocycles. The van der Waals surface area contributed by atoms with Crippen molar-refractivity contribution < 1.29 is 23.9 Å². The number of rotatable bonds is 6. The van der Waals surface area contributed by atoms with Crippen molar-refractivity contribution in [3.8, 4) is 0 Å². The Morgan fingerprint density at radius 3 is 2.34 bits per heavy atom. The number of methoxy groups -OCH3 is 1. The topological polar surface area (TPSA) is 102 Å². The molecule has 7 nitrogen and oxygen atoms in total. The number of esters is 1. The van der Waals surface area contributed by atoms with Crippen LogP contribution in [-0.4, -0.2) is 30.7 Å². The highest BCUT2D eigenvalue weighted by Crippen LogP contribution is 2.22. The Balaban J connectivity index is 1.52. The molecule has 148 valence electrons. The molecule has 29 heavy (non-hydrogen) atoms. The van der Waals surface area contributed by atoms with Crippen LogP contribution in [0.25, 0.3) is 0 Å². The summed E-state index contributed by atoms with van der Waals surface area (Å²) in [5, 5.41) is 6.81. The van der Waals surface area contributed by atoms with Crippen molar-refractivity contribution in [3.05, 3.63) is 74.1 Å². The lowest BCUT2D eigenvalue weighted by molar-refractivity contribution is -0.136. The number of hydrogen-bond acceptors (Lipinski definition) is 7. The highest BCUT2D eigenvalue weighted by molar-refractivity contribution is 7.16. The van der Waals surface area contributed by atoms with E-state index < -0.39 is 17.8 Å². The van der Waals surface area contributed by atoms with Gasteiger partial charge in [0.2, 0.25) is 5.78 Å². The minimum Gasteiger partial charge on any atom is -0.465 e. The number of ketones is 1. The summed E-state index contributed by atoms with van der Waals surface area (Å²) >= 11 is 2.64. The molecule has 0 unspecified atom stereocenters. The Bertz CT molecular complexity index is 1040. The van der Waals surface area contributed by atoms with E-state index in [-0.39, 0.29) is 12.3 Å². The molecule has 0 bridgehead atoms. The fraction of sp³-hybridized carbons (Fsp3) is 0.100. The summed E-state index contributed by atoms with van der Waals surface area (Å²) in [5.41, 5.74) is 0.707. The van der Waals surface area contributed by atoms with Gasteiger partial charge in [0.25, 0.3) is 0 Å². The number of anilines is 1. The SMILES string of the molecule is COC(=O)c1ccc(NC(=O)C(=O)NCc2ccc(C(=O)c3cccs3)s2)cc1. The van der Waals surface area contributed by atoms with Crippen molar-refractivity contribution in [1.82, 2.24) is 5.32 Å². The van der Waals surface area contributed by atoms with Gasteiger partial charge in [-0.2, -0.15) is 0 Å². The van der Waals surface area contributed by atoms with Gasteiger partial charge in [0.05, 0.1) is 29.0 Å². The quantitative estimate of drug-likeness (QED) is 0.357. The minimum atomic E-state index is -0.831. The first kappa shape index (κ1) is 20.4. The molecule has 9 heteroatoms. The zero-order chi connectivity index (χ0) is 20.8. The van der Waals surface area contributed by atoms with Crippen LogP contribution >= 0.6 is 22.7 Å². The Morgan fingerprint density at radius 2 is 1.69 bits per heavy atom. The van der Waals surface area contributed by atoms with Crippen molar-refractivity contribution >= 4 is 51.9 Å². The highest BCUT2D eigenvalue weighted by Gasteiger charge is 2.16. The fourth-order valence-corrected chi connectivity index (χ4v) is 4.01. The Kier molecular flexibility index (Phi) is 6.53. The van der Waals surface area contributed by atoms with Crippen LogP contribution in [0.15, 0.2) is 53.9 Å². The molecule has 0 aliphatic heterocycles. The van der Waals surface area contributed by atoms with Crippen LogP contribution in [0.4, 0.5) is 5.69 Å². The van der Waals surface area contributed by atoms with E-state index in [1.807, 2.05) is 11.4 Å². The van der Waals surface area contributed by atoms with Crippen LogP contribution in [0.3, 0.4) is 0 Å². The molecule has 0 aliphatic rings. The predicted molar refractivity (Wildman–Crippen MR) is 110 cm³/mol. The van der Waals surface area contributed by atoms with Crippen LogP contribution in [0.2, 0.25) is 0 Å². The van der Waals surface area contributed by atoms with Gasteiger partial charge in [0, 0.05) is 10.6 Å². The molecule has 3 rings (SSSR count). The summed E-state index contributed by atoms with van der Waals surface area (Å²) in [6.07, 6.45) is 0. The van der Waals surface area contributed by atoms with Gasteiger partial charge in [0.1, 0.15) is 0 Å². The minimum absolute atomic E-state index is 0.0595. The molecule has 3 aromatic rings. The lowest BCUT2D eigenvalue weighted by Gasteiger charge is -2.06. The van der Waals surface area contributed by atoms with Gasteiger partial charge in [-0.3, -0.25) is 14.4 Å². The van der Waals surface area contributed by atoms with E-state index in [4.69, 9.17) is 0 Å². The molecule has 0 fully saturated rings. The number of benzene rings is 1. The largest absolute Gasteiger partial charge is 0.465 e. The van der Waals surface area contributed by atoms with Crippen LogP contribution in [0.5, 0.6) is 0 Å². The number of nitrogens with one attached hydrogen (secondary N) is 2. The maximum absolute atomic E-state index is 12.3. The maximum Gasteiger partial charge on any atom is 0.337 e. The number of ether oxygens (including phenoxy) is 1. The van der Waals surface area contributed by atoms with E-state index >= 15 is 0 Å². The van der Waals surface area contributed by atoms with Crippen LogP contribution in [0.1, 0.15) is 29.8 Å². The first-order valence-corrected chi connectivity index (χ1v) is 10.1. The predicted octanol–water partition coefficient (Wildman–Crippen LogP) is 3.08. The van der Waals surface area contributed by atoms with Crippen molar-refractivity contribution in [2.75, 3.05) is 12.4 Å². The zero-order valence-electron chi connectivity index (χ0n) is 15.3. The highest BCUT2D eigenvalue weighted by atomic mass is 32.1. The Hall–Kier alpha value is -3.30. The number of hydrogen-bond donors (Lipinski definition) is 2. The first-order chi connectivity index (χ1) is 14.0. The number of thiophene rings is 2. The molecule has 0 aliphatic carbocycles. The van der Waals surface area contributed by atoms with Crippen LogP contribution in [0, 0.1) is 0 Å². The lowest BCUT2D eigenvalue weighted by atomic mass is 10.2. The second-order valence-electron chi connectivity index (χ2n) is 5.78. The standard InChI is InChI=1S/C20H16N2O5S2/c1-27-20(26)12-4-6-13(7-5-12)22-19(25)18(24)21-11-14-8-9-16(29-14)17(23)15-3-2-10-28-15/h2-10H,11H2,1H3,(H,21,24)(H,22,25). The van der Waals surface area contributed by atoms with Gasteiger partial charge >= 0.3 is 17.8 Å². The van der Waals surface area contributed by atoms with E-state index in [0.717, 1.165) is 4.88 Å². The smallest absolute Gasteiger partial charge is 0.337 e. The summed E-state index contributed by atoms with van der Waals surface area (Å²) in [7, 11) is 1.27. The van der Waals surface area contributed by atoms with E-state index in [0.29, 0.717) is 21.0 Å². The van der Waals surface area contributed by atoms with Gasteiger partial charge in [-0.1, -0.05) is 6.07 Å². The third kappa shape index (κ3) is 5.15. The molecular weight excluding hydrogens is 412 g/mol. The van der Waals surface area contributed by atoms with E-state index in [2.05, 4.69) is 15.4 Å². The monoisotopic (exact) mass is 428 g/mol. The third-order valence-electron chi connectivity index (χ3n) is 3.82. The molecule has 2 aromatic heterocycles. The van der Waals surface area contributed by atoms with Gasteiger partial charge in [0.15, 0.2) is 0 Å². The molecule has 0 spiro atoms. The molecule has 2 heterocycles. The van der Waals surface area contributed by atoms with E-state index in [9.17, 15) is 19.2 Å². The molecule has 0 radical (unpaired) electrons. The van der Waals surface area contributed by atoms with Crippen LogP contribution in [-0.2, 0) is 20.9 Å². The zero-order valence-corrected chi connectivity index (χ0v) is 16.9. The number of carbonyl (C=O) groups excluding carboxylic acids is 4. The number of amides is 2. The summed E-state index contributed by atoms with van der Waals surface area (Å²) < 4.78 is 4.60. The second kappa shape index (κ2) is 9.26. The lowest BCUT2D eigenvalue weighted by Crippen LogP contribution is -2.34. The summed E-state index contributed by atoms with van der Waals surface area (Å²) in [6.45, 7) is 0.135. The second-order valence-corrected chi connectivity index (χ2v) is 7.89. The fourth-order valence-electron chi connectivity index (χ4n) is 2.37. The molecule has 2 amide bonds. The average Bonchev–Trinajstić information content (AvgIpc) is 3.43. The number of carbonyl (C=O) groups is 4. The molecule has 2 N–H and O–H groups in total. The van der Waals surface area contributed by atoms with Crippen molar-refractivity contribution in [1.29, 1.82) is 0 Å². The van der Waals surface area contributed by atoms with Crippen molar-refractivity contribution in [2.45, 2.75) is 6.54 Å². The third-order valence-corrected chi connectivity index (χ3v) is 5.78. The van der Waals surface area contributed by atoms with E-state index in [1.54, 1.807) is 18.2 Å². The van der Waals surface area contributed by atoms with E-state index in [1.165, 1.54) is 54.0 Å². The molecule has 1 aromatic carbocycles. The van der Waals surface area contributed by atoms with Gasteiger partial charge in [-0.25, -0.2) is 4.79 Å². The van der Waals surface area contributed by atoms with Crippen molar-refractivity contribution in [2.24, 2.45) is 0 Å². The molecule has 0 atom stereocenters. The normalized spacial score (nSPS) is 10.2. The average molecular weight is 428 g/mol. The molecular formula is C20H16N2O5S2. The maximum atomic E-state index is 12.3. The summed E-state index contributed by atoms with van der Waals surface area (Å²) in [6, 6.07) is 13.0. The van der Waals surface area contributed by atoms with Crippen molar-refractivity contribution in [3.63, 3.8) is 0 Å².